The number of hydrogen-bond acceptors (Lipinski definition) is 13. The van der Waals surface area contributed by atoms with Gasteiger partial charge in [-0.3, -0.25) is 24.1 Å². The number of pyridine rings is 1. The number of halogens is 1. The van der Waals surface area contributed by atoms with Gasteiger partial charge in [0.15, 0.2) is 5.65 Å². The van der Waals surface area contributed by atoms with Gasteiger partial charge in [-0.1, -0.05) is 82.5 Å². The molecular formula is C57H71FN12O5S. The second kappa shape index (κ2) is 24.4. The Morgan fingerprint density at radius 3 is 2.39 bits per heavy atom. The zero-order valence-corrected chi connectivity index (χ0v) is 44.9. The fourth-order valence-electron chi connectivity index (χ4n) is 10.6. The van der Waals surface area contributed by atoms with Crippen LogP contribution in [0.3, 0.4) is 0 Å². The van der Waals surface area contributed by atoms with Crippen molar-refractivity contribution in [2.24, 2.45) is 5.41 Å². The number of rotatable bonds is 20. The normalized spacial score (nSPS) is 18.6. The molecule has 0 spiro atoms. The number of β-amino-alcohol motifs (C(OH)–C–C–N with tert-alkyl or cyclic N) is 1. The number of benzene rings is 2. The summed E-state index contributed by atoms with van der Waals surface area (Å²) < 4.78 is 16.0. The number of aryl methyl sites for hydroxylation is 1. The highest BCUT2D eigenvalue weighted by atomic mass is 32.1. The van der Waals surface area contributed by atoms with Crippen LogP contribution in [-0.4, -0.2) is 134 Å². The predicted molar refractivity (Wildman–Crippen MR) is 293 cm³/mol. The molecule has 0 aliphatic carbocycles. The van der Waals surface area contributed by atoms with Crippen molar-refractivity contribution in [3.05, 3.63) is 113 Å². The monoisotopic (exact) mass is 1050 g/mol. The molecule has 4 amide bonds. The zero-order chi connectivity index (χ0) is 53.3. The molecule has 7 heterocycles. The van der Waals surface area contributed by atoms with Crippen LogP contribution in [0.2, 0.25) is 0 Å². The summed E-state index contributed by atoms with van der Waals surface area (Å²) in [6.45, 7) is 12.6. The van der Waals surface area contributed by atoms with Gasteiger partial charge in [-0.25, -0.2) is 23.9 Å². The fraction of sp³-hybridized carbons (Fsp3) is 0.474. The molecule has 17 nitrogen and oxygen atoms in total. The first kappa shape index (κ1) is 54.0. The number of thiazole rings is 1. The molecule has 4 atom stereocenters. The molecule has 76 heavy (non-hydrogen) atoms. The molecule has 3 aliphatic heterocycles. The summed E-state index contributed by atoms with van der Waals surface area (Å²) in [5.41, 5.74) is 7.33. The molecule has 9 rings (SSSR count). The second-order valence-corrected chi connectivity index (χ2v) is 22.3. The first-order valence-electron chi connectivity index (χ1n) is 26.8. The van der Waals surface area contributed by atoms with E-state index in [-0.39, 0.29) is 61.4 Å². The maximum Gasteiger partial charge on any atom is 0.246 e. The number of piperazine rings is 1. The quantitative estimate of drug-likeness (QED) is 0.0569. The molecular weight excluding hydrogens is 984 g/mol. The van der Waals surface area contributed by atoms with Gasteiger partial charge in [-0.05, 0) is 91.1 Å². The van der Waals surface area contributed by atoms with Crippen molar-refractivity contribution >= 4 is 52.2 Å². The number of amides is 4. The summed E-state index contributed by atoms with van der Waals surface area (Å²) >= 11 is 1.58. The maximum absolute atomic E-state index is 14.1. The molecule has 3 saturated heterocycles. The summed E-state index contributed by atoms with van der Waals surface area (Å²) in [5, 5.41) is 24.6. The molecule has 0 saturated carbocycles. The van der Waals surface area contributed by atoms with E-state index in [2.05, 4.69) is 40.6 Å². The number of nitrogens with one attached hydrogen (secondary N) is 3. The van der Waals surface area contributed by atoms with Crippen LogP contribution in [-0.2, 0) is 25.7 Å². The molecule has 19 heteroatoms. The standard InChI is InChI=1S/C57H71FN12O5S/c1-38-53(76-37-62-38)40-21-19-39(20-22-40)33-61-55(74)46-32-43(71)35-69(46)56(75)54(57(2,3)4)64-51(72)18-8-6-5-7-9-25-59-52(73)36-66-27-29-67(30-28-66)49-17-11-15-44(63-49)47-34-60-48-23-24-50(65-70(47)48)68-26-12-16-45(68)41-13-10-14-42(58)31-41/h10-11,13-15,17,19-24,31,34,37,43,45-46,54,71H,5-9,12,16,18,25-30,32-33,35-36H2,1-4H3,(H,59,73)(H,61,74)(H,64,72)/t43-,45-,46+,54-/m1/s1. The fourth-order valence-corrected chi connectivity index (χ4v) is 11.4. The lowest BCUT2D eigenvalue weighted by Gasteiger charge is -2.35. The van der Waals surface area contributed by atoms with E-state index >= 15 is 0 Å². The highest BCUT2D eigenvalue weighted by Crippen LogP contribution is 2.36. The van der Waals surface area contributed by atoms with Crippen LogP contribution in [0.15, 0.2) is 90.6 Å². The number of anilines is 2. The molecule has 0 unspecified atom stereocenters. The van der Waals surface area contributed by atoms with E-state index in [1.54, 1.807) is 29.7 Å². The van der Waals surface area contributed by atoms with Crippen molar-refractivity contribution in [1.82, 2.24) is 50.3 Å². The maximum atomic E-state index is 14.1. The molecule has 3 aliphatic rings. The number of unbranched alkanes of at least 4 members (excludes halogenated alkanes) is 4. The van der Waals surface area contributed by atoms with E-state index in [9.17, 15) is 28.7 Å². The van der Waals surface area contributed by atoms with Gasteiger partial charge < -0.3 is 35.8 Å². The molecule has 0 bridgehead atoms. The van der Waals surface area contributed by atoms with Gasteiger partial charge in [0.25, 0.3) is 0 Å². The Hall–Kier alpha value is -6.83. The van der Waals surface area contributed by atoms with E-state index in [0.29, 0.717) is 19.5 Å². The van der Waals surface area contributed by atoms with E-state index < -0.39 is 23.6 Å². The average Bonchev–Trinajstić information content (AvgIpc) is 4.25. The van der Waals surface area contributed by atoms with E-state index in [1.807, 2.05) is 98.4 Å². The summed E-state index contributed by atoms with van der Waals surface area (Å²) in [4.78, 5) is 76.9. The lowest BCUT2D eigenvalue weighted by molar-refractivity contribution is -0.144. The lowest BCUT2D eigenvalue weighted by Crippen LogP contribution is -2.57. The Morgan fingerprint density at radius 2 is 1.63 bits per heavy atom. The number of nitrogens with zero attached hydrogens (tertiary/aromatic N) is 9. The van der Waals surface area contributed by atoms with Crippen LogP contribution < -0.4 is 25.8 Å². The first-order chi connectivity index (χ1) is 36.7. The Balaban J connectivity index is 0.659. The van der Waals surface area contributed by atoms with Crippen LogP contribution >= 0.6 is 11.3 Å². The summed E-state index contributed by atoms with van der Waals surface area (Å²) in [6, 6.07) is 23.0. The van der Waals surface area contributed by atoms with Crippen LogP contribution in [0, 0.1) is 18.2 Å². The smallest absolute Gasteiger partial charge is 0.246 e. The second-order valence-electron chi connectivity index (χ2n) is 21.5. The number of aromatic nitrogens is 5. The summed E-state index contributed by atoms with van der Waals surface area (Å²) in [5.74, 6) is 0.488. The van der Waals surface area contributed by atoms with Crippen molar-refractivity contribution in [3.63, 3.8) is 0 Å². The Morgan fingerprint density at radius 1 is 0.855 bits per heavy atom. The van der Waals surface area contributed by atoms with Crippen molar-refractivity contribution in [3.8, 4) is 21.8 Å². The largest absolute Gasteiger partial charge is 0.391 e. The molecule has 6 aromatic rings. The van der Waals surface area contributed by atoms with Gasteiger partial charge >= 0.3 is 0 Å². The third-order valence-corrected chi connectivity index (χ3v) is 15.8. The van der Waals surface area contributed by atoms with Crippen LogP contribution in [0.25, 0.3) is 27.5 Å². The Labute approximate surface area is 448 Å². The minimum absolute atomic E-state index is 0.00315. The predicted octanol–water partition coefficient (Wildman–Crippen LogP) is 7.09. The average molecular weight is 1060 g/mol. The van der Waals surface area contributed by atoms with E-state index in [4.69, 9.17) is 10.1 Å². The highest BCUT2D eigenvalue weighted by Gasteiger charge is 2.44. The Bertz CT molecular complexity index is 2970. The lowest BCUT2D eigenvalue weighted by atomic mass is 9.85. The first-order valence-corrected chi connectivity index (χ1v) is 27.7. The van der Waals surface area contributed by atoms with Crippen molar-refractivity contribution in [2.45, 2.75) is 116 Å². The molecule has 3 fully saturated rings. The third kappa shape index (κ3) is 13.2. The number of aliphatic hydroxyl groups excluding tert-OH is 1. The topological polar surface area (TPSA) is 194 Å². The van der Waals surface area contributed by atoms with E-state index in [0.717, 1.165) is 127 Å². The van der Waals surface area contributed by atoms with Gasteiger partial charge in [0, 0.05) is 65.2 Å². The van der Waals surface area contributed by atoms with Crippen LogP contribution in [0.1, 0.15) is 101 Å². The van der Waals surface area contributed by atoms with Gasteiger partial charge in [0.05, 0.1) is 46.7 Å². The van der Waals surface area contributed by atoms with Gasteiger partial charge in [0.2, 0.25) is 23.6 Å². The minimum atomic E-state index is -0.876. The van der Waals surface area contributed by atoms with Gasteiger partial charge in [0.1, 0.15) is 35.2 Å². The molecule has 4 N–H and O–H groups in total. The number of likely N-dealkylation sites (tertiary alicyclic amines) is 1. The summed E-state index contributed by atoms with van der Waals surface area (Å²) in [6.07, 6.45) is 7.41. The molecule has 0 radical (unpaired) electrons. The number of aliphatic hydroxyl groups is 1. The van der Waals surface area contributed by atoms with Crippen molar-refractivity contribution < 1.29 is 28.7 Å². The molecule has 4 aromatic heterocycles. The summed E-state index contributed by atoms with van der Waals surface area (Å²) in [7, 11) is 0. The van der Waals surface area contributed by atoms with Crippen molar-refractivity contribution in [2.75, 3.05) is 62.2 Å². The van der Waals surface area contributed by atoms with Crippen LogP contribution in [0.5, 0.6) is 0 Å². The number of carbonyl (C=O) groups excluding carboxylic acids is 4. The van der Waals surface area contributed by atoms with E-state index in [1.165, 1.54) is 11.0 Å². The highest BCUT2D eigenvalue weighted by molar-refractivity contribution is 7.13. The number of carbonyl (C=O) groups is 4. The van der Waals surface area contributed by atoms with Crippen LogP contribution in [0.4, 0.5) is 16.0 Å². The minimum Gasteiger partial charge on any atom is -0.391 e. The van der Waals surface area contributed by atoms with Crippen molar-refractivity contribution in [1.29, 1.82) is 0 Å². The molecule has 402 valence electrons. The number of hydrogen-bond donors (Lipinski definition) is 4. The Kier molecular flexibility index (Phi) is 17.4. The van der Waals surface area contributed by atoms with Gasteiger partial charge in [-0.2, -0.15) is 0 Å². The zero-order valence-electron chi connectivity index (χ0n) is 44.1. The SMILES string of the molecule is Cc1ncsc1-c1ccc(CNC(=O)[C@@H]2C[C@@H](O)CN2C(=O)[C@@H](NC(=O)CCCCCCCNC(=O)CN2CCN(c3cccc(-c4cnc5ccc(N6CCC[C@@H]6c6cccc(F)c6)nn45)n3)CC2)C(C)(C)C)cc1. The number of fused-ring (bicyclic) bond motifs is 1. The molecule has 2 aromatic carbocycles. The van der Waals surface area contributed by atoms with Gasteiger partial charge in [-0.15, -0.1) is 16.4 Å². The third-order valence-electron chi connectivity index (χ3n) is 14.8. The number of imidazole rings is 1.